The maximum atomic E-state index is 11.8. The summed E-state index contributed by atoms with van der Waals surface area (Å²) in [5.74, 6) is -0.0380. The van der Waals surface area contributed by atoms with Crippen molar-refractivity contribution < 1.29 is 9.53 Å². The van der Waals surface area contributed by atoms with Gasteiger partial charge in [-0.25, -0.2) is 9.67 Å². The van der Waals surface area contributed by atoms with Crippen LogP contribution >= 0.6 is 12.4 Å². The van der Waals surface area contributed by atoms with E-state index in [1.807, 2.05) is 31.2 Å². The molecule has 0 fully saturated rings. The SMILES string of the molecule is COCCNCC(=O)NC(C)c1ccc(-n2cncn2)cc1.Cl. The minimum absolute atomic E-state index is 0. The molecule has 2 rings (SSSR count). The highest BCUT2D eigenvalue weighted by Crippen LogP contribution is 2.14. The molecule has 0 aliphatic heterocycles. The molecule has 1 aromatic heterocycles. The summed E-state index contributed by atoms with van der Waals surface area (Å²) in [6.45, 7) is 3.49. The third kappa shape index (κ3) is 5.97. The van der Waals surface area contributed by atoms with Crippen LogP contribution in [0.4, 0.5) is 0 Å². The highest BCUT2D eigenvalue weighted by molar-refractivity contribution is 5.85. The Bertz CT molecular complexity index is 574. The Morgan fingerprint density at radius 1 is 1.35 bits per heavy atom. The third-order valence-electron chi connectivity index (χ3n) is 3.22. The molecule has 0 aliphatic rings. The van der Waals surface area contributed by atoms with Gasteiger partial charge in [-0.3, -0.25) is 4.79 Å². The van der Waals surface area contributed by atoms with E-state index in [9.17, 15) is 4.79 Å². The second-order valence-corrected chi connectivity index (χ2v) is 4.89. The average Bonchev–Trinajstić information content (AvgIpc) is 3.06. The number of hydrogen-bond acceptors (Lipinski definition) is 5. The lowest BCUT2D eigenvalue weighted by Crippen LogP contribution is -2.36. The predicted octanol–water partition coefficient (Wildman–Crippen LogP) is 1.10. The molecular weight excluding hydrogens is 318 g/mol. The van der Waals surface area contributed by atoms with E-state index in [1.165, 1.54) is 6.33 Å². The monoisotopic (exact) mass is 339 g/mol. The van der Waals surface area contributed by atoms with E-state index in [-0.39, 0.29) is 30.9 Å². The Hall–Kier alpha value is -1.96. The Kier molecular flexibility index (Phi) is 8.25. The number of ether oxygens (including phenoxy) is 1. The molecule has 1 amide bonds. The number of nitrogens with one attached hydrogen (secondary N) is 2. The molecule has 0 aliphatic carbocycles. The molecule has 0 bridgehead atoms. The zero-order valence-electron chi connectivity index (χ0n) is 13.2. The quantitative estimate of drug-likeness (QED) is 0.704. The third-order valence-corrected chi connectivity index (χ3v) is 3.22. The van der Waals surface area contributed by atoms with Gasteiger partial charge in [-0.1, -0.05) is 12.1 Å². The molecule has 1 aromatic carbocycles. The van der Waals surface area contributed by atoms with E-state index >= 15 is 0 Å². The van der Waals surface area contributed by atoms with Gasteiger partial charge < -0.3 is 15.4 Å². The lowest BCUT2D eigenvalue weighted by atomic mass is 10.1. The first-order chi connectivity index (χ1) is 10.7. The number of hydrogen-bond donors (Lipinski definition) is 2. The fraction of sp³-hybridized carbons (Fsp3) is 0.400. The van der Waals surface area contributed by atoms with Gasteiger partial charge in [0.1, 0.15) is 12.7 Å². The van der Waals surface area contributed by atoms with Gasteiger partial charge in [-0.2, -0.15) is 5.10 Å². The lowest BCUT2D eigenvalue weighted by molar-refractivity contribution is -0.120. The molecular formula is C15H22ClN5O2. The zero-order valence-corrected chi connectivity index (χ0v) is 14.0. The summed E-state index contributed by atoms with van der Waals surface area (Å²) in [6, 6.07) is 7.79. The molecule has 1 heterocycles. The zero-order chi connectivity index (χ0) is 15.8. The van der Waals surface area contributed by atoms with E-state index in [0.717, 1.165) is 11.3 Å². The van der Waals surface area contributed by atoms with Crippen molar-refractivity contribution in [3.05, 3.63) is 42.5 Å². The molecule has 23 heavy (non-hydrogen) atoms. The average molecular weight is 340 g/mol. The number of aromatic nitrogens is 3. The molecule has 0 radical (unpaired) electrons. The molecule has 2 aromatic rings. The van der Waals surface area contributed by atoms with Gasteiger partial charge in [0.25, 0.3) is 0 Å². The molecule has 1 unspecified atom stereocenters. The Balaban J connectivity index is 0.00000264. The molecule has 0 spiro atoms. The minimum Gasteiger partial charge on any atom is -0.383 e. The number of carbonyl (C=O) groups is 1. The van der Waals surface area contributed by atoms with Crippen LogP contribution in [-0.4, -0.2) is 47.5 Å². The first kappa shape index (κ1) is 19.1. The maximum absolute atomic E-state index is 11.8. The van der Waals surface area contributed by atoms with Crippen molar-refractivity contribution in [1.82, 2.24) is 25.4 Å². The number of amides is 1. The molecule has 1 atom stereocenters. The number of benzene rings is 1. The van der Waals surface area contributed by atoms with Crippen molar-refractivity contribution in [2.24, 2.45) is 0 Å². The molecule has 7 nitrogen and oxygen atoms in total. The summed E-state index contributed by atoms with van der Waals surface area (Å²) in [4.78, 5) is 15.7. The number of methoxy groups -OCH3 is 1. The topological polar surface area (TPSA) is 81.1 Å². The van der Waals surface area contributed by atoms with Gasteiger partial charge in [0, 0.05) is 13.7 Å². The second-order valence-electron chi connectivity index (χ2n) is 4.89. The Morgan fingerprint density at radius 2 is 2.09 bits per heavy atom. The van der Waals surface area contributed by atoms with Crippen LogP contribution in [0.3, 0.4) is 0 Å². The predicted molar refractivity (Wildman–Crippen MR) is 89.9 cm³/mol. The van der Waals surface area contributed by atoms with Crippen LogP contribution in [0.5, 0.6) is 0 Å². The number of nitrogens with zero attached hydrogens (tertiary/aromatic N) is 3. The van der Waals surface area contributed by atoms with Crippen LogP contribution in [0.25, 0.3) is 5.69 Å². The number of halogens is 1. The van der Waals surface area contributed by atoms with Crippen molar-refractivity contribution >= 4 is 18.3 Å². The summed E-state index contributed by atoms with van der Waals surface area (Å²) < 4.78 is 6.60. The van der Waals surface area contributed by atoms with Crippen molar-refractivity contribution in [3.8, 4) is 5.69 Å². The smallest absolute Gasteiger partial charge is 0.234 e. The summed E-state index contributed by atoms with van der Waals surface area (Å²) in [6.07, 6.45) is 3.14. The van der Waals surface area contributed by atoms with Crippen LogP contribution in [0.2, 0.25) is 0 Å². The lowest BCUT2D eigenvalue weighted by Gasteiger charge is -2.15. The first-order valence-corrected chi connectivity index (χ1v) is 7.14. The summed E-state index contributed by atoms with van der Waals surface area (Å²) in [7, 11) is 1.63. The van der Waals surface area contributed by atoms with Gasteiger partial charge in [0.05, 0.1) is 24.9 Å². The molecule has 2 N–H and O–H groups in total. The van der Waals surface area contributed by atoms with Gasteiger partial charge in [-0.05, 0) is 24.6 Å². The van der Waals surface area contributed by atoms with Crippen LogP contribution < -0.4 is 10.6 Å². The van der Waals surface area contributed by atoms with Crippen LogP contribution in [0, 0.1) is 0 Å². The minimum atomic E-state index is -0.0541. The number of carbonyl (C=O) groups excluding carboxylic acids is 1. The van der Waals surface area contributed by atoms with Gasteiger partial charge >= 0.3 is 0 Å². The normalized spacial score (nSPS) is 11.6. The fourth-order valence-corrected chi connectivity index (χ4v) is 2.01. The molecule has 0 saturated heterocycles. The summed E-state index contributed by atoms with van der Waals surface area (Å²) in [5.41, 5.74) is 1.97. The van der Waals surface area contributed by atoms with Crippen LogP contribution in [0.1, 0.15) is 18.5 Å². The first-order valence-electron chi connectivity index (χ1n) is 7.14. The number of rotatable bonds is 8. The van der Waals surface area contributed by atoms with E-state index in [4.69, 9.17) is 4.74 Å². The summed E-state index contributed by atoms with van der Waals surface area (Å²) >= 11 is 0. The van der Waals surface area contributed by atoms with E-state index in [0.29, 0.717) is 13.2 Å². The summed E-state index contributed by atoms with van der Waals surface area (Å²) in [5, 5.41) is 10.0. The van der Waals surface area contributed by atoms with E-state index in [1.54, 1.807) is 18.1 Å². The molecule has 8 heteroatoms. The van der Waals surface area contributed by atoms with Gasteiger partial charge in [0.15, 0.2) is 0 Å². The Morgan fingerprint density at radius 3 is 2.70 bits per heavy atom. The molecule has 126 valence electrons. The maximum Gasteiger partial charge on any atom is 0.234 e. The highest BCUT2D eigenvalue weighted by atomic mass is 35.5. The van der Waals surface area contributed by atoms with Gasteiger partial charge in [0.2, 0.25) is 5.91 Å². The highest BCUT2D eigenvalue weighted by Gasteiger charge is 2.09. The van der Waals surface area contributed by atoms with Crippen molar-refractivity contribution in [2.75, 3.05) is 26.8 Å². The largest absolute Gasteiger partial charge is 0.383 e. The second kappa shape index (κ2) is 9.94. The van der Waals surface area contributed by atoms with Crippen LogP contribution in [0.15, 0.2) is 36.9 Å². The van der Waals surface area contributed by atoms with Gasteiger partial charge in [-0.15, -0.1) is 12.4 Å². The van der Waals surface area contributed by atoms with Crippen molar-refractivity contribution in [3.63, 3.8) is 0 Å². The van der Waals surface area contributed by atoms with Crippen molar-refractivity contribution in [1.29, 1.82) is 0 Å². The fourth-order valence-electron chi connectivity index (χ4n) is 2.01. The van der Waals surface area contributed by atoms with E-state index in [2.05, 4.69) is 20.7 Å². The standard InChI is InChI=1S/C15H21N5O2.ClH/c1-12(19-15(21)9-16-7-8-22-2)13-3-5-14(6-4-13)20-11-17-10-18-20;/h3-6,10-12,16H,7-9H2,1-2H3,(H,19,21);1H. The van der Waals surface area contributed by atoms with Crippen LogP contribution in [-0.2, 0) is 9.53 Å². The molecule has 0 saturated carbocycles. The van der Waals surface area contributed by atoms with E-state index < -0.39 is 0 Å². The van der Waals surface area contributed by atoms with Crippen molar-refractivity contribution in [2.45, 2.75) is 13.0 Å². The Labute approximate surface area is 141 Å².